The van der Waals surface area contributed by atoms with E-state index in [1.165, 1.54) is 17.2 Å². The van der Waals surface area contributed by atoms with Crippen molar-refractivity contribution in [1.29, 1.82) is 5.26 Å². The maximum Gasteiger partial charge on any atom is 0.243 e. The largest absolute Gasteiger partial charge is 0.389 e. The molecule has 8 nitrogen and oxygen atoms in total. The number of hydrogen-bond acceptors (Lipinski definition) is 8. The fourth-order valence-electron chi connectivity index (χ4n) is 4.47. The number of aliphatic hydroxyl groups is 1. The molecule has 2 heterocycles. The molecule has 1 aromatic heterocycles. The Morgan fingerprint density at radius 3 is 2.46 bits per heavy atom. The lowest BCUT2D eigenvalue weighted by Crippen LogP contribution is -2.50. The molecule has 0 saturated carbocycles. The number of nitriles is 1. The number of piperazine rings is 1. The topological polar surface area (TPSA) is 105 Å². The van der Waals surface area contributed by atoms with Gasteiger partial charge in [0, 0.05) is 44.0 Å². The van der Waals surface area contributed by atoms with Crippen molar-refractivity contribution in [2.75, 3.05) is 49.5 Å². The van der Waals surface area contributed by atoms with Gasteiger partial charge in [0.25, 0.3) is 0 Å². The summed E-state index contributed by atoms with van der Waals surface area (Å²) in [5, 5.41) is 25.9. The molecule has 0 bridgehead atoms. The van der Waals surface area contributed by atoms with E-state index in [-0.39, 0.29) is 12.5 Å². The van der Waals surface area contributed by atoms with E-state index in [1.807, 2.05) is 26.8 Å². The highest BCUT2D eigenvalue weighted by atomic mass is 32.1. The molecule has 3 N–H and O–H groups in total. The second kappa shape index (κ2) is 11.8. The summed E-state index contributed by atoms with van der Waals surface area (Å²) in [5.74, 6) is 0.150. The number of carbonyl (C=O) groups excluding carboxylic acids is 1. The SMILES string of the molecule is Cc1nsc(N[C@@H](CC(C)C)C(=O)NCC#N)c1-c1ccc(N2CCN(CC(C)(C)O)CC2)cc1. The van der Waals surface area contributed by atoms with Crippen LogP contribution < -0.4 is 15.5 Å². The Morgan fingerprint density at radius 1 is 1.23 bits per heavy atom. The number of aromatic nitrogens is 1. The zero-order valence-corrected chi connectivity index (χ0v) is 22.3. The van der Waals surface area contributed by atoms with Gasteiger partial charge in [-0.2, -0.15) is 9.64 Å². The Morgan fingerprint density at radius 2 is 1.89 bits per heavy atom. The number of benzene rings is 1. The predicted molar refractivity (Wildman–Crippen MR) is 143 cm³/mol. The van der Waals surface area contributed by atoms with Crippen LogP contribution >= 0.6 is 11.5 Å². The lowest BCUT2D eigenvalue weighted by atomic mass is 10.0. The molecule has 0 unspecified atom stereocenters. The summed E-state index contributed by atoms with van der Waals surface area (Å²) in [7, 11) is 0. The molecule has 35 heavy (non-hydrogen) atoms. The van der Waals surface area contributed by atoms with Gasteiger partial charge in [-0.3, -0.25) is 9.69 Å². The van der Waals surface area contributed by atoms with Gasteiger partial charge in [0.1, 0.15) is 17.6 Å². The van der Waals surface area contributed by atoms with Crippen LogP contribution in [0.4, 0.5) is 10.7 Å². The zero-order chi connectivity index (χ0) is 25.6. The smallest absolute Gasteiger partial charge is 0.243 e. The summed E-state index contributed by atoms with van der Waals surface area (Å²) in [5.41, 5.74) is 3.50. The first-order valence-electron chi connectivity index (χ1n) is 12.2. The Balaban J connectivity index is 1.72. The van der Waals surface area contributed by atoms with Crippen LogP contribution in [0, 0.1) is 24.2 Å². The van der Waals surface area contributed by atoms with Crippen molar-refractivity contribution >= 4 is 28.1 Å². The van der Waals surface area contributed by atoms with E-state index in [2.05, 4.69) is 62.9 Å². The fourth-order valence-corrected chi connectivity index (χ4v) is 5.34. The zero-order valence-electron chi connectivity index (χ0n) is 21.5. The van der Waals surface area contributed by atoms with Crippen LogP contribution in [0.3, 0.4) is 0 Å². The summed E-state index contributed by atoms with van der Waals surface area (Å²) in [6.45, 7) is 14.2. The molecule has 190 valence electrons. The summed E-state index contributed by atoms with van der Waals surface area (Å²) in [4.78, 5) is 17.3. The molecule has 1 aliphatic rings. The van der Waals surface area contributed by atoms with E-state index < -0.39 is 11.6 Å². The van der Waals surface area contributed by atoms with E-state index in [0.717, 1.165) is 48.0 Å². The van der Waals surface area contributed by atoms with Gasteiger partial charge in [-0.05, 0) is 62.3 Å². The van der Waals surface area contributed by atoms with Crippen molar-refractivity contribution in [2.24, 2.45) is 5.92 Å². The molecular formula is C26H38N6O2S. The van der Waals surface area contributed by atoms with Crippen LogP contribution in [0.15, 0.2) is 24.3 Å². The molecule has 2 aromatic rings. The monoisotopic (exact) mass is 498 g/mol. The van der Waals surface area contributed by atoms with Crippen LogP contribution in [0.5, 0.6) is 0 Å². The van der Waals surface area contributed by atoms with Crippen LogP contribution in [0.25, 0.3) is 11.1 Å². The fraction of sp³-hybridized carbons (Fsp3) is 0.577. The second-order valence-electron chi connectivity index (χ2n) is 10.3. The average Bonchev–Trinajstić information content (AvgIpc) is 3.16. The predicted octanol–water partition coefficient (Wildman–Crippen LogP) is 3.48. The van der Waals surface area contributed by atoms with Crippen LogP contribution in [-0.4, -0.2) is 71.2 Å². The maximum atomic E-state index is 12.7. The number of amides is 1. The van der Waals surface area contributed by atoms with Crippen LogP contribution in [-0.2, 0) is 4.79 Å². The molecule has 1 amide bonds. The first kappa shape index (κ1) is 26.9. The highest BCUT2D eigenvalue weighted by Crippen LogP contribution is 2.36. The molecule has 1 saturated heterocycles. The summed E-state index contributed by atoms with van der Waals surface area (Å²) in [6, 6.07) is 10.1. The molecule has 1 aliphatic heterocycles. The Kier molecular flexibility index (Phi) is 9.11. The molecule has 1 aromatic carbocycles. The molecule has 0 aliphatic carbocycles. The normalized spacial score (nSPS) is 15.7. The van der Waals surface area contributed by atoms with Gasteiger partial charge < -0.3 is 20.6 Å². The van der Waals surface area contributed by atoms with E-state index in [4.69, 9.17) is 5.26 Å². The molecule has 1 atom stereocenters. The quantitative estimate of drug-likeness (QED) is 0.431. The number of carbonyl (C=O) groups is 1. The molecule has 9 heteroatoms. The standard InChI is InChI=1S/C26H38N6O2S/c1-18(2)16-22(24(33)28-11-10-27)29-25-23(19(3)30-35-25)20-6-8-21(9-7-20)32-14-12-31(13-15-32)17-26(4,5)34/h6-9,18,22,29,34H,11-17H2,1-5H3,(H,28,33)/t22-/m0/s1. The lowest BCUT2D eigenvalue weighted by molar-refractivity contribution is -0.121. The van der Waals surface area contributed by atoms with Crippen molar-refractivity contribution in [2.45, 2.75) is 52.7 Å². The number of aryl methyl sites for hydroxylation is 1. The molecule has 0 spiro atoms. The van der Waals surface area contributed by atoms with Crippen LogP contribution in [0.1, 0.15) is 39.8 Å². The number of hydrogen-bond donors (Lipinski definition) is 3. The van der Waals surface area contributed by atoms with Gasteiger partial charge in [-0.15, -0.1) is 0 Å². The average molecular weight is 499 g/mol. The third-order valence-electron chi connectivity index (χ3n) is 6.04. The first-order valence-corrected chi connectivity index (χ1v) is 13.0. The van der Waals surface area contributed by atoms with Gasteiger partial charge in [0.2, 0.25) is 5.91 Å². The van der Waals surface area contributed by atoms with E-state index >= 15 is 0 Å². The summed E-state index contributed by atoms with van der Waals surface area (Å²) < 4.78 is 4.56. The minimum atomic E-state index is -0.674. The van der Waals surface area contributed by atoms with E-state index in [1.54, 1.807) is 0 Å². The maximum absolute atomic E-state index is 12.7. The first-order chi connectivity index (χ1) is 16.6. The van der Waals surface area contributed by atoms with Crippen molar-refractivity contribution in [1.82, 2.24) is 14.6 Å². The van der Waals surface area contributed by atoms with Crippen molar-refractivity contribution < 1.29 is 9.90 Å². The highest BCUT2D eigenvalue weighted by Gasteiger charge is 2.25. The summed E-state index contributed by atoms with van der Waals surface area (Å²) >= 11 is 1.36. The van der Waals surface area contributed by atoms with Crippen molar-refractivity contribution in [3.63, 3.8) is 0 Å². The minimum absolute atomic E-state index is 0.00281. The summed E-state index contributed by atoms with van der Waals surface area (Å²) in [6.07, 6.45) is 0.659. The van der Waals surface area contributed by atoms with Gasteiger partial charge in [-0.1, -0.05) is 26.0 Å². The third-order valence-corrected chi connectivity index (χ3v) is 6.91. The number of β-amino-alcohol motifs (C(OH)–C–C–N with tert-alkyl or cyclic N) is 1. The minimum Gasteiger partial charge on any atom is -0.389 e. The molecule has 3 rings (SSSR count). The van der Waals surface area contributed by atoms with E-state index in [0.29, 0.717) is 18.9 Å². The number of rotatable bonds is 10. The molecular weight excluding hydrogens is 460 g/mol. The number of nitrogens with zero attached hydrogens (tertiary/aromatic N) is 4. The van der Waals surface area contributed by atoms with Gasteiger partial charge >= 0.3 is 0 Å². The lowest BCUT2D eigenvalue weighted by Gasteiger charge is -2.38. The van der Waals surface area contributed by atoms with E-state index in [9.17, 15) is 9.90 Å². The molecule has 1 fully saturated rings. The van der Waals surface area contributed by atoms with Gasteiger partial charge in [0.15, 0.2) is 0 Å². The van der Waals surface area contributed by atoms with Crippen molar-refractivity contribution in [3.05, 3.63) is 30.0 Å². The molecule has 0 radical (unpaired) electrons. The van der Waals surface area contributed by atoms with Crippen molar-refractivity contribution in [3.8, 4) is 17.2 Å². The number of nitrogens with one attached hydrogen (secondary N) is 2. The van der Waals surface area contributed by atoms with Gasteiger partial charge in [-0.25, -0.2) is 0 Å². The van der Waals surface area contributed by atoms with Crippen LogP contribution in [0.2, 0.25) is 0 Å². The van der Waals surface area contributed by atoms with Gasteiger partial charge in [0.05, 0.1) is 17.4 Å². The Hall–Kier alpha value is -2.67. The Bertz CT molecular complexity index is 1010. The number of anilines is 2. The highest BCUT2D eigenvalue weighted by molar-refractivity contribution is 7.11. The second-order valence-corrected chi connectivity index (χ2v) is 11.1. The Labute approximate surface area is 213 Å². The third kappa shape index (κ3) is 7.66.